The van der Waals surface area contributed by atoms with Crippen LogP contribution >= 0.6 is 0 Å². The molecule has 2 aromatic carbocycles. The lowest BCUT2D eigenvalue weighted by atomic mass is 10.1. The number of aromatic amines is 1. The Balaban J connectivity index is 2.08. The van der Waals surface area contributed by atoms with E-state index in [0.717, 1.165) is 24.3 Å². The summed E-state index contributed by atoms with van der Waals surface area (Å²) >= 11 is 0. The highest BCUT2D eigenvalue weighted by Gasteiger charge is 2.30. The third kappa shape index (κ3) is 3.35. The molecule has 9 heteroatoms. The second-order valence-corrected chi connectivity index (χ2v) is 7.02. The van der Waals surface area contributed by atoms with E-state index in [4.69, 9.17) is 10.4 Å². The van der Waals surface area contributed by atoms with Gasteiger partial charge in [-0.3, -0.25) is 0 Å². The summed E-state index contributed by atoms with van der Waals surface area (Å²) in [6.07, 6.45) is -3.02. The van der Waals surface area contributed by atoms with Gasteiger partial charge in [0.2, 0.25) is 0 Å². The molecule has 1 unspecified atom stereocenters. The molecule has 0 spiro atoms. The van der Waals surface area contributed by atoms with E-state index in [9.17, 15) is 17.4 Å². The average Bonchev–Trinajstić information content (AvgIpc) is 2.95. The van der Waals surface area contributed by atoms with Gasteiger partial charge in [-0.05, 0) is 42.5 Å². The van der Waals surface area contributed by atoms with E-state index >= 15 is 0 Å². The van der Waals surface area contributed by atoms with E-state index in [1.165, 1.54) is 6.20 Å². The van der Waals surface area contributed by atoms with Crippen molar-refractivity contribution < 1.29 is 17.4 Å². The topological polar surface area (TPSA) is 95.0 Å². The Kier molecular flexibility index (Phi) is 4.02. The lowest BCUT2D eigenvalue weighted by molar-refractivity contribution is -0.137. The SMILES string of the molecule is N#Cc1ccc2[nH]cc(N=S(N)(=O)c3ccc(C(F)(F)F)cc3)c2c1. The largest absolute Gasteiger partial charge is 0.416 e. The Morgan fingerprint density at radius 3 is 2.44 bits per heavy atom. The van der Waals surface area contributed by atoms with Gasteiger partial charge in [0.15, 0.2) is 0 Å². The van der Waals surface area contributed by atoms with Crippen molar-refractivity contribution in [3.05, 3.63) is 59.8 Å². The molecule has 5 nitrogen and oxygen atoms in total. The number of hydrogen-bond donors (Lipinski definition) is 2. The highest BCUT2D eigenvalue weighted by atomic mass is 32.2. The maximum Gasteiger partial charge on any atom is 0.416 e. The number of rotatable bonds is 2. The first-order valence-electron chi connectivity index (χ1n) is 6.94. The molecule has 0 fully saturated rings. The monoisotopic (exact) mass is 364 g/mol. The average molecular weight is 364 g/mol. The summed E-state index contributed by atoms with van der Waals surface area (Å²) in [6.45, 7) is 0. The number of nitrogens with one attached hydrogen (secondary N) is 1. The van der Waals surface area contributed by atoms with Crippen molar-refractivity contribution in [2.75, 3.05) is 0 Å². The van der Waals surface area contributed by atoms with Crippen LogP contribution in [-0.2, 0) is 16.1 Å². The van der Waals surface area contributed by atoms with Gasteiger partial charge in [0.1, 0.15) is 9.92 Å². The van der Waals surface area contributed by atoms with E-state index in [1.54, 1.807) is 18.2 Å². The number of hydrogen-bond acceptors (Lipinski definition) is 3. The van der Waals surface area contributed by atoms with Crippen LogP contribution in [0.3, 0.4) is 0 Å². The first-order chi connectivity index (χ1) is 11.7. The Labute approximate surface area is 141 Å². The molecule has 3 N–H and O–H groups in total. The van der Waals surface area contributed by atoms with E-state index in [2.05, 4.69) is 9.35 Å². The molecular weight excluding hydrogens is 353 g/mol. The lowest BCUT2D eigenvalue weighted by Crippen LogP contribution is -2.13. The minimum absolute atomic E-state index is 0.0220. The van der Waals surface area contributed by atoms with Crippen LogP contribution in [0.2, 0.25) is 0 Å². The zero-order valence-corrected chi connectivity index (χ0v) is 13.4. The zero-order valence-electron chi connectivity index (χ0n) is 12.5. The van der Waals surface area contributed by atoms with Gasteiger partial charge in [-0.2, -0.15) is 22.8 Å². The van der Waals surface area contributed by atoms with Crippen molar-refractivity contribution in [2.24, 2.45) is 9.50 Å². The highest BCUT2D eigenvalue weighted by Crippen LogP contribution is 2.31. The molecule has 3 aromatic rings. The maximum absolute atomic E-state index is 12.7. The van der Waals surface area contributed by atoms with Crippen LogP contribution in [0, 0.1) is 11.3 Å². The van der Waals surface area contributed by atoms with Crippen molar-refractivity contribution in [3.63, 3.8) is 0 Å². The molecule has 0 amide bonds. The Morgan fingerprint density at radius 2 is 1.84 bits per heavy atom. The van der Waals surface area contributed by atoms with Gasteiger partial charge in [-0.25, -0.2) is 9.35 Å². The summed E-state index contributed by atoms with van der Waals surface area (Å²) in [5.41, 5.74) is 0.457. The Morgan fingerprint density at radius 1 is 1.16 bits per heavy atom. The summed E-state index contributed by atoms with van der Waals surface area (Å²) in [5, 5.41) is 15.3. The third-order valence-electron chi connectivity index (χ3n) is 3.54. The number of H-pyrrole nitrogens is 1. The quantitative estimate of drug-likeness (QED) is 0.716. The summed E-state index contributed by atoms with van der Waals surface area (Å²) in [7, 11) is -3.45. The summed E-state index contributed by atoms with van der Waals surface area (Å²) in [6, 6.07) is 10.5. The molecule has 0 radical (unpaired) electrons. The van der Waals surface area contributed by atoms with Gasteiger partial charge in [0, 0.05) is 17.1 Å². The number of nitrogens with two attached hydrogens (primary N) is 1. The van der Waals surface area contributed by atoms with Gasteiger partial charge in [-0.1, -0.05) is 0 Å². The highest BCUT2D eigenvalue weighted by molar-refractivity contribution is 7.91. The van der Waals surface area contributed by atoms with Crippen molar-refractivity contribution >= 4 is 26.5 Å². The van der Waals surface area contributed by atoms with Crippen LogP contribution in [-0.4, -0.2) is 9.19 Å². The van der Waals surface area contributed by atoms with Gasteiger partial charge in [0.25, 0.3) is 0 Å². The smallest absolute Gasteiger partial charge is 0.359 e. The molecule has 1 atom stereocenters. The Hall–Kier alpha value is -2.83. The number of fused-ring (bicyclic) bond motifs is 1. The third-order valence-corrected chi connectivity index (χ3v) is 4.96. The van der Waals surface area contributed by atoms with Crippen molar-refractivity contribution in [1.29, 1.82) is 5.26 Å². The van der Waals surface area contributed by atoms with Gasteiger partial charge in [-0.15, -0.1) is 0 Å². The fraction of sp³-hybridized carbons (Fsp3) is 0.0625. The predicted octanol–water partition coefficient (Wildman–Crippen LogP) is 4.09. The number of nitriles is 1. The number of aromatic nitrogens is 1. The van der Waals surface area contributed by atoms with E-state index in [-0.39, 0.29) is 10.6 Å². The minimum atomic E-state index is -4.49. The first-order valence-corrected chi connectivity index (χ1v) is 8.52. The Bertz CT molecular complexity index is 1100. The molecule has 0 aliphatic carbocycles. The molecule has 128 valence electrons. The second kappa shape index (κ2) is 5.91. The molecule has 0 bridgehead atoms. The van der Waals surface area contributed by atoms with Gasteiger partial charge >= 0.3 is 6.18 Å². The fourth-order valence-corrected chi connectivity index (χ4v) is 3.36. The molecule has 0 saturated heterocycles. The van der Waals surface area contributed by atoms with Crippen LogP contribution < -0.4 is 5.14 Å². The van der Waals surface area contributed by atoms with Crippen LogP contribution in [0.5, 0.6) is 0 Å². The maximum atomic E-state index is 12.7. The van der Waals surface area contributed by atoms with Gasteiger partial charge < -0.3 is 4.98 Å². The van der Waals surface area contributed by atoms with Crippen molar-refractivity contribution in [1.82, 2.24) is 4.98 Å². The molecule has 1 aromatic heterocycles. The minimum Gasteiger partial charge on any atom is -0.359 e. The summed E-state index contributed by atoms with van der Waals surface area (Å²) < 4.78 is 54.5. The van der Waals surface area contributed by atoms with Crippen LogP contribution in [0.4, 0.5) is 18.9 Å². The van der Waals surface area contributed by atoms with Crippen LogP contribution in [0.1, 0.15) is 11.1 Å². The van der Waals surface area contributed by atoms with Crippen LogP contribution in [0.25, 0.3) is 10.9 Å². The molecule has 0 saturated carbocycles. The number of benzene rings is 2. The van der Waals surface area contributed by atoms with E-state index < -0.39 is 21.7 Å². The first kappa shape index (κ1) is 17.0. The molecule has 0 aliphatic rings. The molecule has 3 rings (SSSR count). The normalized spacial score (nSPS) is 14.0. The molecular formula is C16H11F3N4OS. The number of alkyl halides is 3. The zero-order chi connectivity index (χ0) is 18.2. The predicted molar refractivity (Wildman–Crippen MR) is 87.1 cm³/mol. The lowest BCUT2D eigenvalue weighted by Gasteiger charge is -2.08. The fourth-order valence-electron chi connectivity index (χ4n) is 2.29. The standard InChI is InChI=1S/C16H11F3N4OS/c17-16(18,19)11-2-4-12(5-3-11)25(21,24)23-15-9-22-14-6-1-10(8-20)7-13(14)15/h1-7,9,22H,(H2,21,23,24). The summed E-state index contributed by atoms with van der Waals surface area (Å²) in [5.74, 6) is 0. The van der Waals surface area contributed by atoms with E-state index in [0.29, 0.717) is 16.5 Å². The second-order valence-electron chi connectivity index (χ2n) is 5.23. The van der Waals surface area contributed by atoms with Crippen LogP contribution in [0.15, 0.2) is 57.9 Å². The van der Waals surface area contributed by atoms with Gasteiger partial charge in [0.05, 0.1) is 27.8 Å². The van der Waals surface area contributed by atoms with Crippen molar-refractivity contribution in [3.8, 4) is 6.07 Å². The number of halogens is 3. The molecule has 0 aliphatic heterocycles. The molecule has 25 heavy (non-hydrogen) atoms. The van der Waals surface area contributed by atoms with E-state index in [1.807, 2.05) is 6.07 Å². The van der Waals surface area contributed by atoms with Crippen molar-refractivity contribution in [2.45, 2.75) is 11.1 Å². The molecule has 1 heterocycles. The summed E-state index contributed by atoms with van der Waals surface area (Å²) in [4.78, 5) is 2.89. The number of nitrogens with zero attached hydrogens (tertiary/aromatic N) is 2.